The summed E-state index contributed by atoms with van der Waals surface area (Å²) in [6.45, 7) is 4.76. The van der Waals surface area contributed by atoms with Crippen LogP contribution in [0.25, 0.3) is 0 Å². The number of hydrogen-bond acceptors (Lipinski definition) is 5. The third-order valence-electron chi connectivity index (χ3n) is 4.80. The summed E-state index contributed by atoms with van der Waals surface area (Å²) in [6.07, 6.45) is 4.31. The number of nitro groups is 1. The van der Waals surface area contributed by atoms with Crippen molar-refractivity contribution in [1.82, 2.24) is 10.2 Å². The maximum Gasteiger partial charge on any atom is 0.293 e. The summed E-state index contributed by atoms with van der Waals surface area (Å²) >= 11 is 0. The highest BCUT2D eigenvalue weighted by Crippen LogP contribution is 2.31. The van der Waals surface area contributed by atoms with Crippen molar-refractivity contribution in [1.29, 1.82) is 0 Å². The normalized spacial score (nSPS) is 20.8. The summed E-state index contributed by atoms with van der Waals surface area (Å²) in [5.74, 6) is -0.251. The van der Waals surface area contributed by atoms with Crippen molar-refractivity contribution in [3.63, 3.8) is 0 Å². The molecule has 1 aliphatic heterocycles. The Hall–Kier alpha value is -2.15. The number of nitro benzene ring substituents is 1. The fraction of sp³-hybridized carbons (Fsp3) is 0.588. The molecule has 0 bridgehead atoms. The van der Waals surface area contributed by atoms with Crippen molar-refractivity contribution in [2.45, 2.75) is 44.7 Å². The first-order valence-electron chi connectivity index (χ1n) is 8.65. The van der Waals surface area contributed by atoms with Gasteiger partial charge in [-0.3, -0.25) is 19.8 Å². The van der Waals surface area contributed by atoms with E-state index in [1.165, 1.54) is 6.07 Å². The Morgan fingerprint density at radius 1 is 1.38 bits per heavy atom. The van der Waals surface area contributed by atoms with Gasteiger partial charge in [-0.1, -0.05) is 6.92 Å². The molecule has 1 aromatic rings. The lowest BCUT2D eigenvalue weighted by molar-refractivity contribution is -0.384. The SMILES string of the molecule is CCN1CCCC1CNC(=O)c1ccc(NC2CC2)c([N+](=O)[O-])c1. The van der Waals surface area contributed by atoms with Crippen LogP contribution in [-0.2, 0) is 0 Å². The van der Waals surface area contributed by atoms with Gasteiger partial charge in [0.15, 0.2) is 0 Å². The molecule has 1 saturated heterocycles. The standard InChI is InChI=1S/C17H24N4O3/c1-2-20-9-3-4-14(20)11-18-17(22)12-5-8-15(19-13-6-7-13)16(10-12)21(23)24/h5,8,10,13-14,19H,2-4,6-7,9,11H2,1H3,(H,18,22). The van der Waals surface area contributed by atoms with Crippen LogP contribution in [0.3, 0.4) is 0 Å². The summed E-state index contributed by atoms with van der Waals surface area (Å²) in [7, 11) is 0. The maximum absolute atomic E-state index is 12.3. The van der Waals surface area contributed by atoms with Crippen LogP contribution < -0.4 is 10.6 Å². The zero-order valence-electron chi connectivity index (χ0n) is 14.0. The Labute approximate surface area is 141 Å². The smallest absolute Gasteiger partial charge is 0.293 e. The fourth-order valence-corrected chi connectivity index (χ4v) is 3.25. The van der Waals surface area contributed by atoms with Crippen LogP contribution in [0.5, 0.6) is 0 Å². The molecular weight excluding hydrogens is 308 g/mol. The number of carbonyl (C=O) groups is 1. The first-order chi connectivity index (χ1) is 11.6. The minimum atomic E-state index is -0.433. The van der Waals surface area contributed by atoms with E-state index >= 15 is 0 Å². The first kappa shape index (κ1) is 16.7. The minimum Gasteiger partial charge on any atom is -0.377 e. The van der Waals surface area contributed by atoms with E-state index in [9.17, 15) is 14.9 Å². The second-order valence-electron chi connectivity index (χ2n) is 6.54. The van der Waals surface area contributed by atoms with Gasteiger partial charge in [0.05, 0.1) is 4.92 Å². The lowest BCUT2D eigenvalue weighted by Crippen LogP contribution is -2.40. The number of nitrogens with one attached hydrogen (secondary N) is 2. The highest BCUT2D eigenvalue weighted by molar-refractivity contribution is 5.95. The van der Waals surface area contributed by atoms with E-state index in [1.807, 2.05) is 0 Å². The van der Waals surface area contributed by atoms with E-state index in [-0.39, 0.29) is 11.6 Å². The summed E-state index contributed by atoms with van der Waals surface area (Å²) in [4.78, 5) is 25.5. The monoisotopic (exact) mass is 332 g/mol. The van der Waals surface area contributed by atoms with Gasteiger partial charge in [0.1, 0.15) is 5.69 Å². The third-order valence-corrected chi connectivity index (χ3v) is 4.80. The molecule has 24 heavy (non-hydrogen) atoms. The van der Waals surface area contributed by atoms with Crippen LogP contribution in [0, 0.1) is 10.1 Å². The van der Waals surface area contributed by atoms with E-state index in [1.54, 1.807) is 12.1 Å². The average Bonchev–Trinajstić information content (AvgIpc) is 3.27. The zero-order valence-corrected chi connectivity index (χ0v) is 14.0. The molecule has 2 aliphatic rings. The number of nitrogens with zero attached hydrogens (tertiary/aromatic N) is 2. The molecule has 1 heterocycles. The van der Waals surface area contributed by atoms with Gasteiger partial charge >= 0.3 is 0 Å². The fourth-order valence-electron chi connectivity index (χ4n) is 3.25. The van der Waals surface area contributed by atoms with Gasteiger partial charge < -0.3 is 10.6 Å². The largest absolute Gasteiger partial charge is 0.377 e. The molecule has 1 unspecified atom stereocenters. The number of likely N-dealkylation sites (N-methyl/N-ethyl adjacent to an activating group) is 1. The van der Waals surface area contributed by atoms with Gasteiger partial charge in [0, 0.05) is 30.3 Å². The van der Waals surface area contributed by atoms with Crippen LogP contribution >= 0.6 is 0 Å². The number of carbonyl (C=O) groups excluding carboxylic acids is 1. The van der Waals surface area contributed by atoms with Gasteiger partial charge in [-0.25, -0.2) is 0 Å². The van der Waals surface area contributed by atoms with Crippen LogP contribution in [0.2, 0.25) is 0 Å². The summed E-state index contributed by atoms with van der Waals surface area (Å²) in [5.41, 5.74) is 0.793. The molecule has 0 spiro atoms. The molecule has 0 aromatic heterocycles. The number of anilines is 1. The maximum atomic E-state index is 12.3. The predicted molar refractivity (Wildman–Crippen MR) is 92.3 cm³/mol. The lowest BCUT2D eigenvalue weighted by Gasteiger charge is -2.22. The molecule has 130 valence electrons. The lowest BCUT2D eigenvalue weighted by atomic mass is 10.1. The third kappa shape index (κ3) is 3.84. The Morgan fingerprint density at radius 3 is 2.83 bits per heavy atom. The van der Waals surface area contributed by atoms with Crippen molar-refractivity contribution in [2.24, 2.45) is 0 Å². The summed E-state index contributed by atoms with van der Waals surface area (Å²) in [6, 6.07) is 5.35. The Bertz CT molecular complexity index is 630. The molecule has 3 rings (SSSR count). The number of benzene rings is 1. The molecule has 1 aliphatic carbocycles. The Morgan fingerprint density at radius 2 is 2.17 bits per heavy atom. The number of likely N-dealkylation sites (tertiary alicyclic amines) is 1. The second-order valence-corrected chi connectivity index (χ2v) is 6.54. The van der Waals surface area contributed by atoms with Crippen molar-refractivity contribution in [3.8, 4) is 0 Å². The van der Waals surface area contributed by atoms with Gasteiger partial charge in [0.2, 0.25) is 0 Å². The molecule has 1 aromatic carbocycles. The van der Waals surface area contributed by atoms with Crippen molar-refractivity contribution >= 4 is 17.3 Å². The van der Waals surface area contributed by atoms with Crippen LogP contribution in [0.1, 0.15) is 43.0 Å². The predicted octanol–water partition coefficient (Wildman–Crippen LogP) is 2.38. The van der Waals surface area contributed by atoms with Gasteiger partial charge in [-0.2, -0.15) is 0 Å². The molecule has 2 fully saturated rings. The van der Waals surface area contributed by atoms with Gasteiger partial charge in [-0.15, -0.1) is 0 Å². The van der Waals surface area contributed by atoms with Gasteiger partial charge in [-0.05, 0) is 50.9 Å². The topological polar surface area (TPSA) is 87.5 Å². The van der Waals surface area contributed by atoms with E-state index < -0.39 is 4.92 Å². The average molecular weight is 332 g/mol. The van der Waals surface area contributed by atoms with Crippen molar-refractivity contribution in [2.75, 3.05) is 25.0 Å². The molecule has 1 atom stereocenters. The molecule has 1 amide bonds. The number of rotatable bonds is 7. The molecule has 7 nitrogen and oxygen atoms in total. The van der Waals surface area contributed by atoms with Gasteiger partial charge in [0.25, 0.3) is 11.6 Å². The van der Waals surface area contributed by atoms with E-state index in [0.29, 0.717) is 29.9 Å². The zero-order chi connectivity index (χ0) is 17.1. The first-order valence-corrected chi connectivity index (χ1v) is 8.65. The van der Waals surface area contributed by atoms with E-state index in [0.717, 1.165) is 38.8 Å². The molecule has 1 saturated carbocycles. The molecule has 7 heteroatoms. The van der Waals surface area contributed by atoms with Crippen molar-refractivity contribution < 1.29 is 9.72 Å². The Kier molecular flexibility index (Phi) is 4.99. The molecular formula is C17H24N4O3. The molecule has 0 radical (unpaired) electrons. The quantitative estimate of drug-likeness (QED) is 0.591. The second kappa shape index (κ2) is 7.17. The number of hydrogen-bond donors (Lipinski definition) is 2. The van der Waals surface area contributed by atoms with E-state index in [2.05, 4.69) is 22.5 Å². The highest BCUT2D eigenvalue weighted by atomic mass is 16.6. The highest BCUT2D eigenvalue weighted by Gasteiger charge is 2.26. The van der Waals surface area contributed by atoms with Crippen LogP contribution in [0.4, 0.5) is 11.4 Å². The molecule has 2 N–H and O–H groups in total. The van der Waals surface area contributed by atoms with Crippen molar-refractivity contribution in [3.05, 3.63) is 33.9 Å². The summed E-state index contributed by atoms with van der Waals surface area (Å²) in [5, 5.41) is 17.3. The van der Waals surface area contributed by atoms with Crippen LogP contribution in [-0.4, -0.2) is 47.4 Å². The van der Waals surface area contributed by atoms with Crippen LogP contribution in [0.15, 0.2) is 18.2 Å². The van der Waals surface area contributed by atoms with E-state index in [4.69, 9.17) is 0 Å². The summed E-state index contributed by atoms with van der Waals surface area (Å²) < 4.78 is 0. The Balaban J connectivity index is 1.65. The minimum absolute atomic E-state index is 0.0365. The number of amides is 1.